The van der Waals surface area contributed by atoms with E-state index in [4.69, 9.17) is 5.73 Å². The summed E-state index contributed by atoms with van der Waals surface area (Å²) in [5, 5.41) is 7.58. The van der Waals surface area contributed by atoms with E-state index in [0.717, 1.165) is 22.0 Å². The molecule has 0 aromatic heterocycles. The second kappa shape index (κ2) is 6.98. The van der Waals surface area contributed by atoms with E-state index in [1.54, 1.807) is 0 Å². The molecular weight excluding hydrogens is 320 g/mol. The molecule has 0 bridgehead atoms. The van der Waals surface area contributed by atoms with Gasteiger partial charge in [-0.3, -0.25) is 4.79 Å². The maximum absolute atomic E-state index is 12.4. The van der Waals surface area contributed by atoms with Crippen LogP contribution in [0.5, 0.6) is 0 Å². The van der Waals surface area contributed by atoms with E-state index in [2.05, 4.69) is 29.6 Å². The second-order valence-corrected chi connectivity index (χ2v) is 6.55. The molecule has 1 unspecified atom stereocenters. The average molecular weight is 340 g/mol. The zero-order valence-electron chi connectivity index (χ0n) is 14.4. The Morgan fingerprint density at radius 1 is 0.769 bits per heavy atom. The minimum absolute atomic E-state index is 0.172. The van der Waals surface area contributed by atoms with Crippen molar-refractivity contribution in [2.75, 3.05) is 5.32 Å². The number of hydrogen-bond acceptors (Lipinski definition) is 2. The van der Waals surface area contributed by atoms with E-state index in [0.29, 0.717) is 6.42 Å². The summed E-state index contributed by atoms with van der Waals surface area (Å²) in [5.74, 6) is -0.172. The van der Waals surface area contributed by atoms with Crippen LogP contribution in [0.2, 0.25) is 0 Å². The Bertz CT molecular complexity index is 1070. The van der Waals surface area contributed by atoms with Crippen LogP contribution in [0.4, 0.5) is 5.69 Å². The zero-order valence-corrected chi connectivity index (χ0v) is 14.4. The van der Waals surface area contributed by atoms with E-state index in [1.807, 2.05) is 60.7 Å². The molecule has 3 N–H and O–H groups in total. The molecule has 0 radical (unpaired) electrons. The molecule has 0 heterocycles. The zero-order chi connectivity index (χ0) is 17.9. The molecule has 0 aliphatic carbocycles. The van der Waals surface area contributed by atoms with E-state index in [1.165, 1.54) is 10.8 Å². The standard InChI is InChI=1S/C23H20N2O/c24-22(12-16-6-2-1-3-7-16)23(26)25-21-11-10-19-13-17-8-4-5-9-18(17)14-20(19)15-21/h1-11,13-15,22H,12,24H2,(H,25,26). The minimum atomic E-state index is -0.579. The molecule has 26 heavy (non-hydrogen) atoms. The number of anilines is 1. The van der Waals surface area contributed by atoms with Gasteiger partial charge in [0, 0.05) is 5.69 Å². The van der Waals surface area contributed by atoms with Gasteiger partial charge in [-0.2, -0.15) is 0 Å². The van der Waals surface area contributed by atoms with Crippen LogP contribution < -0.4 is 11.1 Å². The Labute approximate surface area is 152 Å². The number of amides is 1. The fourth-order valence-electron chi connectivity index (χ4n) is 3.21. The highest BCUT2D eigenvalue weighted by Crippen LogP contribution is 2.25. The molecular formula is C23H20N2O. The number of nitrogens with two attached hydrogens (primary N) is 1. The first kappa shape index (κ1) is 16.3. The minimum Gasteiger partial charge on any atom is -0.325 e. The fourth-order valence-corrected chi connectivity index (χ4v) is 3.21. The highest BCUT2D eigenvalue weighted by atomic mass is 16.2. The van der Waals surface area contributed by atoms with Gasteiger partial charge < -0.3 is 11.1 Å². The van der Waals surface area contributed by atoms with Gasteiger partial charge in [-0.1, -0.05) is 60.7 Å². The molecule has 128 valence electrons. The summed E-state index contributed by atoms with van der Waals surface area (Å²) < 4.78 is 0. The number of fused-ring (bicyclic) bond motifs is 2. The van der Waals surface area contributed by atoms with Crippen LogP contribution >= 0.6 is 0 Å². The molecule has 0 saturated carbocycles. The Hall–Kier alpha value is -3.17. The van der Waals surface area contributed by atoms with Crippen LogP contribution in [-0.2, 0) is 11.2 Å². The summed E-state index contributed by atoms with van der Waals surface area (Å²) >= 11 is 0. The normalized spacial score (nSPS) is 12.2. The SMILES string of the molecule is NC(Cc1ccccc1)C(=O)Nc1ccc2cc3ccccc3cc2c1. The molecule has 0 aliphatic heterocycles. The van der Waals surface area contributed by atoms with Crippen molar-refractivity contribution in [2.45, 2.75) is 12.5 Å². The van der Waals surface area contributed by atoms with Crippen LogP contribution in [0, 0.1) is 0 Å². The Morgan fingerprint density at radius 3 is 2.12 bits per heavy atom. The first-order chi connectivity index (χ1) is 12.7. The number of rotatable bonds is 4. The molecule has 0 spiro atoms. The number of hydrogen-bond donors (Lipinski definition) is 2. The van der Waals surface area contributed by atoms with E-state index in [-0.39, 0.29) is 5.91 Å². The van der Waals surface area contributed by atoms with Crippen LogP contribution in [0.15, 0.2) is 84.9 Å². The molecule has 0 aliphatic rings. The summed E-state index contributed by atoms with van der Waals surface area (Å²) in [6.45, 7) is 0. The van der Waals surface area contributed by atoms with Gasteiger partial charge in [0.05, 0.1) is 6.04 Å². The third kappa shape index (κ3) is 3.44. The lowest BCUT2D eigenvalue weighted by Crippen LogP contribution is -2.37. The third-order valence-corrected chi connectivity index (χ3v) is 4.61. The molecule has 4 rings (SSSR count). The molecule has 3 nitrogen and oxygen atoms in total. The number of nitrogens with one attached hydrogen (secondary N) is 1. The summed E-state index contributed by atoms with van der Waals surface area (Å²) in [7, 11) is 0. The number of carbonyl (C=O) groups excluding carboxylic acids is 1. The first-order valence-corrected chi connectivity index (χ1v) is 8.72. The van der Waals surface area contributed by atoms with Crippen molar-refractivity contribution < 1.29 is 4.79 Å². The summed E-state index contributed by atoms with van der Waals surface area (Å²) in [6.07, 6.45) is 0.519. The summed E-state index contributed by atoms with van der Waals surface area (Å²) in [6, 6.07) is 27.8. The molecule has 1 atom stereocenters. The van der Waals surface area contributed by atoms with E-state index < -0.39 is 6.04 Å². The van der Waals surface area contributed by atoms with Gasteiger partial charge in [-0.05, 0) is 57.8 Å². The fraction of sp³-hybridized carbons (Fsp3) is 0.0870. The Kier molecular flexibility index (Phi) is 4.38. The molecule has 3 heteroatoms. The maximum atomic E-state index is 12.4. The molecule has 4 aromatic rings. The van der Waals surface area contributed by atoms with Crippen molar-refractivity contribution in [2.24, 2.45) is 5.73 Å². The lowest BCUT2D eigenvalue weighted by Gasteiger charge is -2.13. The van der Waals surface area contributed by atoms with Gasteiger partial charge in [-0.25, -0.2) is 0 Å². The van der Waals surface area contributed by atoms with Crippen molar-refractivity contribution in [1.29, 1.82) is 0 Å². The molecule has 0 saturated heterocycles. The molecule has 0 fully saturated rings. The van der Waals surface area contributed by atoms with Gasteiger partial charge in [0.15, 0.2) is 0 Å². The topological polar surface area (TPSA) is 55.1 Å². The average Bonchev–Trinajstić information content (AvgIpc) is 2.67. The maximum Gasteiger partial charge on any atom is 0.241 e. The highest BCUT2D eigenvalue weighted by molar-refractivity contribution is 6.01. The van der Waals surface area contributed by atoms with Crippen LogP contribution in [0.3, 0.4) is 0 Å². The summed E-state index contributed by atoms with van der Waals surface area (Å²) in [5.41, 5.74) is 7.89. The summed E-state index contributed by atoms with van der Waals surface area (Å²) in [4.78, 5) is 12.4. The third-order valence-electron chi connectivity index (χ3n) is 4.61. The Morgan fingerprint density at radius 2 is 1.38 bits per heavy atom. The largest absolute Gasteiger partial charge is 0.325 e. The predicted molar refractivity (Wildman–Crippen MR) is 108 cm³/mol. The second-order valence-electron chi connectivity index (χ2n) is 6.55. The number of benzene rings is 4. The smallest absolute Gasteiger partial charge is 0.241 e. The number of carbonyl (C=O) groups is 1. The predicted octanol–water partition coefficient (Wildman–Crippen LogP) is 4.50. The van der Waals surface area contributed by atoms with E-state index in [9.17, 15) is 4.79 Å². The van der Waals surface area contributed by atoms with Crippen LogP contribution in [-0.4, -0.2) is 11.9 Å². The van der Waals surface area contributed by atoms with Crippen LogP contribution in [0.25, 0.3) is 21.5 Å². The quantitative estimate of drug-likeness (QED) is 0.537. The lowest BCUT2D eigenvalue weighted by atomic mass is 10.0. The first-order valence-electron chi connectivity index (χ1n) is 8.72. The van der Waals surface area contributed by atoms with Crippen molar-refractivity contribution in [3.8, 4) is 0 Å². The lowest BCUT2D eigenvalue weighted by molar-refractivity contribution is -0.117. The van der Waals surface area contributed by atoms with Crippen molar-refractivity contribution in [3.05, 3.63) is 90.5 Å². The molecule has 1 amide bonds. The van der Waals surface area contributed by atoms with Crippen molar-refractivity contribution in [3.63, 3.8) is 0 Å². The van der Waals surface area contributed by atoms with E-state index >= 15 is 0 Å². The van der Waals surface area contributed by atoms with Crippen molar-refractivity contribution >= 4 is 33.1 Å². The monoisotopic (exact) mass is 340 g/mol. The van der Waals surface area contributed by atoms with Gasteiger partial charge in [0.1, 0.15) is 0 Å². The van der Waals surface area contributed by atoms with Crippen LogP contribution in [0.1, 0.15) is 5.56 Å². The van der Waals surface area contributed by atoms with Crippen molar-refractivity contribution in [1.82, 2.24) is 0 Å². The molecule has 4 aromatic carbocycles. The van der Waals surface area contributed by atoms with Gasteiger partial charge in [0.2, 0.25) is 5.91 Å². The van der Waals surface area contributed by atoms with Gasteiger partial charge >= 0.3 is 0 Å². The van der Waals surface area contributed by atoms with Gasteiger partial charge in [0.25, 0.3) is 0 Å². The highest BCUT2D eigenvalue weighted by Gasteiger charge is 2.14. The Balaban J connectivity index is 1.54. The van der Waals surface area contributed by atoms with Gasteiger partial charge in [-0.15, -0.1) is 0 Å².